The van der Waals surface area contributed by atoms with Crippen LogP contribution in [0.3, 0.4) is 0 Å². The number of fused-ring (bicyclic) bond motifs is 1. The third-order valence-electron chi connectivity index (χ3n) is 2.45. The van der Waals surface area contributed by atoms with Crippen LogP contribution in [0, 0.1) is 0 Å². The highest BCUT2D eigenvalue weighted by atomic mass is 32.1. The van der Waals surface area contributed by atoms with Gasteiger partial charge in [-0.05, 0) is 30.2 Å². The van der Waals surface area contributed by atoms with E-state index >= 15 is 0 Å². The Balaban J connectivity index is 2.34. The van der Waals surface area contributed by atoms with Crippen LogP contribution in [0.15, 0.2) is 18.2 Å². The first kappa shape index (κ1) is 10.2. The molecule has 1 aromatic rings. The number of carbonyl (C=O) groups excluding carboxylic acids is 2. The lowest BCUT2D eigenvalue weighted by Gasteiger charge is -2.17. The first-order valence-electron chi connectivity index (χ1n) is 4.75. The number of benzene rings is 1. The minimum absolute atomic E-state index is 0.0323. The number of carbonyl (C=O) groups is 2. The van der Waals surface area contributed by atoms with Crippen LogP contribution in [-0.4, -0.2) is 17.4 Å². The maximum atomic E-state index is 11.4. The number of Topliss-reactive ketones (excluding diaryl/α,β-unsaturated/α-hetero) is 1. The largest absolute Gasteiger partial charge is 0.326 e. The fraction of sp³-hybridized carbons (Fsp3) is 0.273. The Hall–Kier alpha value is -1.29. The Morgan fingerprint density at radius 3 is 2.93 bits per heavy atom. The molecular formula is C11H10NO2S. The zero-order valence-electron chi connectivity index (χ0n) is 8.08. The SMILES string of the molecule is O=C1CCc2cc(C(=O)C[S])ccc2N1. The van der Waals surface area contributed by atoms with E-state index in [0.717, 1.165) is 11.3 Å². The molecular weight excluding hydrogens is 210 g/mol. The van der Waals surface area contributed by atoms with Gasteiger partial charge in [-0.3, -0.25) is 9.59 Å². The van der Waals surface area contributed by atoms with E-state index in [2.05, 4.69) is 5.32 Å². The van der Waals surface area contributed by atoms with E-state index < -0.39 is 0 Å². The molecule has 1 amide bonds. The van der Waals surface area contributed by atoms with Gasteiger partial charge in [0.1, 0.15) is 0 Å². The van der Waals surface area contributed by atoms with E-state index in [9.17, 15) is 9.59 Å². The van der Waals surface area contributed by atoms with Crippen molar-refractivity contribution < 1.29 is 9.59 Å². The highest BCUT2D eigenvalue weighted by Gasteiger charge is 2.15. The molecule has 15 heavy (non-hydrogen) atoms. The summed E-state index contributed by atoms with van der Waals surface area (Å²) in [6, 6.07) is 5.30. The summed E-state index contributed by atoms with van der Waals surface area (Å²) in [6.45, 7) is 0. The quantitative estimate of drug-likeness (QED) is 0.774. The second-order valence-electron chi connectivity index (χ2n) is 3.49. The predicted molar refractivity (Wildman–Crippen MR) is 60.2 cm³/mol. The minimum Gasteiger partial charge on any atom is -0.326 e. The summed E-state index contributed by atoms with van der Waals surface area (Å²) in [5, 5.41) is 2.77. The van der Waals surface area contributed by atoms with Crippen molar-refractivity contribution in [1.82, 2.24) is 0 Å². The Bertz CT molecular complexity index is 429. The molecule has 77 valence electrons. The normalized spacial score (nSPS) is 14.3. The molecule has 0 spiro atoms. The Morgan fingerprint density at radius 1 is 1.40 bits per heavy atom. The van der Waals surface area contributed by atoms with Crippen LogP contribution >= 0.6 is 12.6 Å². The molecule has 1 aliphatic rings. The summed E-state index contributed by atoms with van der Waals surface area (Å²) >= 11 is 4.71. The molecule has 1 aliphatic heterocycles. The van der Waals surface area contributed by atoms with Crippen molar-refractivity contribution in [1.29, 1.82) is 0 Å². The molecule has 1 heterocycles. The number of anilines is 1. The van der Waals surface area contributed by atoms with E-state index in [1.165, 1.54) is 0 Å². The van der Waals surface area contributed by atoms with Gasteiger partial charge in [-0.2, -0.15) is 0 Å². The summed E-state index contributed by atoms with van der Waals surface area (Å²) in [4.78, 5) is 22.5. The lowest BCUT2D eigenvalue weighted by atomic mass is 9.99. The summed E-state index contributed by atoms with van der Waals surface area (Å²) in [5.41, 5.74) is 2.47. The van der Waals surface area contributed by atoms with Crippen LogP contribution in [0.25, 0.3) is 0 Å². The third-order valence-corrected chi connectivity index (χ3v) is 2.72. The smallest absolute Gasteiger partial charge is 0.224 e. The van der Waals surface area contributed by atoms with Gasteiger partial charge in [-0.15, -0.1) is 0 Å². The fourth-order valence-electron chi connectivity index (χ4n) is 1.64. The van der Waals surface area contributed by atoms with Gasteiger partial charge in [0.25, 0.3) is 0 Å². The van der Waals surface area contributed by atoms with Gasteiger partial charge >= 0.3 is 0 Å². The summed E-state index contributed by atoms with van der Waals surface area (Å²) in [6.07, 6.45) is 1.18. The van der Waals surface area contributed by atoms with Gasteiger partial charge in [-0.1, -0.05) is 12.6 Å². The number of hydrogen-bond acceptors (Lipinski definition) is 2. The van der Waals surface area contributed by atoms with Gasteiger partial charge in [-0.25, -0.2) is 0 Å². The van der Waals surface area contributed by atoms with Gasteiger partial charge in [0.15, 0.2) is 5.78 Å². The van der Waals surface area contributed by atoms with Gasteiger partial charge in [0.2, 0.25) is 5.91 Å². The summed E-state index contributed by atoms with van der Waals surface area (Å²) in [7, 11) is 0. The first-order valence-corrected chi connectivity index (χ1v) is 5.32. The van der Waals surface area contributed by atoms with Crippen LogP contribution in [0.2, 0.25) is 0 Å². The van der Waals surface area contributed by atoms with Gasteiger partial charge in [0.05, 0.1) is 5.75 Å². The Morgan fingerprint density at radius 2 is 2.20 bits per heavy atom. The average Bonchev–Trinajstić information content (AvgIpc) is 2.27. The molecule has 0 atom stereocenters. The van der Waals surface area contributed by atoms with Crippen LogP contribution in [-0.2, 0) is 11.2 Å². The zero-order valence-corrected chi connectivity index (χ0v) is 8.89. The molecule has 2 rings (SSSR count). The number of rotatable bonds is 2. The van der Waals surface area contributed by atoms with Crippen LogP contribution in [0.1, 0.15) is 22.3 Å². The molecule has 0 aromatic heterocycles. The Labute approximate surface area is 93.3 Å². The van der Waals surface area contributed by atoms with Crippen molar-refractivity contribution in [2.24, 2.45) is 0 Å². The van der Waals surface area contributed by atoms with E-state index in [0.29, 0.717) is 18.4 Å². The van der Waals surface area contributed by atoms with E-state index in [4.69, 9.17) is 12.6 Å². The molecule has 0 saturated carbocycles. The van der Waals surface area contributed by atoms with E-state index in [1.807, 2.05) is 6.07 Å². The summed E-state index contributed by atoms with van der Waals surface area (Å²) < 4.78 is 0. The number of aryl methyl sites for hydroxylation is 1. The molecule has 0 saturated heterocycles. The van der Waals surface area contributed by atoms with E-state index in [-0.39, 0.29) is 17.4 Å². The topological polar surface area (TPSA) is 46.2 Å². The number of amides is 1. The molecule has 0 fully saturated rings. The number of ketones is 1. The van der Waals surface area contributed by atoms with Crippen LogP contribution < -0.4 is 5.32 Å². The van der Waals surface area contributed by atoms with Crippen molar-refractivity contribution in [3.8, 4) is 0 Å². The first-order chi connectivity index (χ1) is 7.20. The van der Waals surface area contributed by atoms with Crippen molar-refractivity contribution >= 4 is 30.0 Å². The van der Waals surface area contributed by atoms with Crippen molar-refractivity contribution in [2.75, 3.05) is 11.1 Å². The molecule has 3 nitrogen and oxygen atoms in total. The lowest BCUT2D eigenvalue weighted by molar-refractivity contribution is -0.116. The number of hydrogen-bond donors (Lipinski definition) is 1. The predicted octanol–water partition coefficient (Wildman–Crippen LogP) is 1.95. The van der Waals surface area contributed by atoms with E-state index in [1.54, 1.807) is 12.1 Å². The fourth-order valence-corrected chi connectivity index (χ4v) is 1.81. The molecule has 0 aliphatic carbocycles. The highest BCUT2D eigenvalue weighted by Crippen LogP contribution is 2.23. The minimum atomic E-state index is -0.0373. The average molecular weight is 220 g/mol. The number of nitrogens with one attached hydrogen (secondary N) is 1. The molecule has 1 radical (unpaired) electrons. The molecule has 0 unspecified atom stereocenters. The second-order valence-corrected chi connectivity index (χ2v) is 3.78. The molecule has 1 aromatic carbocycles. The van der Waals surface area contributed by atoms with Gasteiger partial charge < -0.3 is 5.32 Å². The van der Waals surface area contributed by atoms with Gasteiger partial charge in [0, 0.05) is 17.7 Å². The third kappa shape index (κ3) is 2.04. The summed E-state index contributed by atoms with van der Waals surface area (Å²) in [5.74, 6) is 0.0973. The molecule has 0 bridgehead atoms. The standard InChI is InChI=1S/C11H10NO2S/c13-10(6-15)8-1-3-9-7(5-8)2-4-11(14)12-9/h1,3,5H,2,4,6H2,(H,12,14). The van der Waals surface area contributed by atoms with Crippen molar-refractivity contribution in [2.45, 2.75) is 12.8 Å². The van der Waals surface area contributed by atoms with Crippen molar-refractivity contribution in [3.63, 3.8) is 0 Å². The van der Waals surface area contributed by atoms with Crippen LogP contribution in [0.5, 0.6) is 0 Å². The Kier molecular flexibility index (Phi) is 2.77. The van der Waals surface area contributed by atoms with Crippen LogP contribution in [0.4, 0.5) is 5.69 Å². The molecule has 4 heteroatoms. The maximum Gasteiger partial charge on any atom is 0.224 e. The molecule has 1 N–H and O–H groups in total. The van der Waals surface area contributed by atoms with Crippen molar-refractivity contribution in [3.05, 3.63) is 29.3 Å². The monoisotopic (exact) mass is 220 g/mol. The second kappa shape index (κ2) is 4.06. The maximum absolute atomic E-state index is 11.4. The highest BCUT2D eigenvalue weighted by molar-refractivity contribution is 7.81. The lowest BCUT2D eigenvalue weighted by Crippen LogP contribution is -2.19. The zero-order chi connectivity index (χ0) is 10.8.